The van der Waals surface area contributed by atoms with Gasteiger partial charge in [0.1, 0.15) is 5.82 Å². The highest BCUT2D eigenvalue weighted by Crippen LogP contribution is 2.11. The second-order valence-corrected chi connectivity index (χ2v) is 4.85. The fraction of sp³-hybridized carbons (Fsp3) is 0.500. The van der Waals surface area contributed by atoms with Crippen LogP contribution in [0.4, 0.5) is 0 Å². The Balaban J connectivity index is 1.74. The Hall–Kier alpha value is -1.47. The van der Waals surface area contributed by atoms with Crippen LogP contribution in [-0.2, 0) is 11.2 Å². The molecule has 1 saturated heterocycles. The van der Waals surface area contributed by atoms with Gasteiger partial charge in [-0.2, -0.15) is 0 Å². The lowest BCUT2D eigenvalue weighted by Gasteiger charge is -2.27. The van der Waals surface area contributed by atoms with E-state index in [0.29, 0.717) is 6.42 Å². The third-order valence-corrected chi connectivity index (χ3v) is 3.64. The number of carbonyl (C=O) groups excluding carboxylic acids is 1. The zero-order valence-electron chi connectivity index (χ0n) is 9.30. The van der Waals surface area contributed by atoms with Crippen molar-refractivity contribution in [3.8, 4) is 0 Å². The molecule has 0 atom stereocenters. The SMILES string of the molecule is O=C(Cc1nnc2sccn12)N1CCNCC1. The first-order valence-corrected chi connectivity index (χ1v) is 6.48. The molecule has 1 fully saturated rings. The van der Waals surface area contributed by atoms with Crippen molar-refractivity contribution >= 4 is 22.2 Å². The Morgan fingerprint density at radius 3 is 3.06 bits per heavy atom. The van der Waals surface area contributed by atoms with Crippen LogP contribution >= 0.6 is 11.3 Å². The van der Waals surface area contributed by atoms with Crippen LogP contribution in [0, 0.1) is 0 Å². The normalized spacial score (nSPS) is 16.6. The number of thiazole rings is 1. The molecule has 0 saturated carbocycles. The minimum absolute atomic E-state index is 0.131. The molecular weight excluding hydrogens is 238 g/mol. The number of nitrogens with zero attached hydrogens (tertiary/aromatic N) is 4. The molecule has 17 heavy (non-hydrogen) atoms. The summed E-state index contributed by atoms with van der Waals surface area (Å²) >= 11 is 1.53. The van der Waals surface area contributed by atoms with Crippen molar-refractivity contribution in [3.63, 3.8) is 0 Å². The van der Waals surface area contributed by atoms with Gasteiger partial charge >= 0.3 is 0 Å². The maximum absolute atomic E-state index is 12.1. The number of carbonyl (C=O) groups is 1. The molecule has 3 heterocycles. The highest BCUT2D eigenvalue weighted by molar-refractivity contribution is 7.15. The molecule has 0 radical (unpaired) electrons. The van der Waals surface area contributed by atoms with Crippen molar-refractivity contribution in [3.05, 3.63) is 17.4 Å². The first-order valence-electron chi connectivity index (χ1n) is 5.60. The molecule has 2 aromatic heterocycles. The van der Waals surface area contributed by atoms with Crippen molar-refractivity contribution in [1.29, 1.82) is 0 Å². The van der Waals surface area contributed by atoms with E-state index in [1.54, 1.807) is 0 Å². The number of hydrogen-bond acceptors (Lipinski definition) is 5. The van der Waals surface area contributed by atoms with Crippen LogP contribution in [0.15, 0.2) is 11.6 Å². The van der Waals surface area contributed by atoms with Crippen molar-refractivity contribution in [1.82, 2.24) is 24.8 Å². The van der Waals surface area contributed by atoms with E-state index in [1.807, 2.05) is 20.9 Å². The van der Waals surface area contributed by atoms with Gasteiger partial charge in [-0.05, 0) is 0 Å². The second-order valence-electron chi connectivity index (χ2n) is 3.98. The second kappa shape index (κ2) is 4.42. The molecule has 0 aliphatic carbocycles. The van der Waals surface area contributed by atoms with Gasteiger partial charge in [0.25, 0.3) is 0 Å². The Kier molecular flexibility index (Phi) is 2.77. The molecule has 1 N–H and O–H groups in total. The summed E-state index contributed by atoms with van der Waals surface area (Å²) < 4.78 is 1.88. The average Bonchev–Trinajstić information content (AvgIpc) is 2.95. The minimum atomic E-state index is 0.131. The highest BCUT2D eigenvalue weighted by Gasteiger charge is 2.19. The Morgan fingerprint density at radius 2 is 2.24 bits per heavy atom. The summed E-state index contributed by atoms with van der Waals surface area (Å²) in [5.41, 5.74) is 0. The number of amides is 1. The molecule has 6 nitrogen and oxygen atoms in total. The van der Waals surface area contributed by atoms with E-state index in [1.165, 1.54) is 11.3 Å². The van der Waals surface area contributed by atoms with Gasteiger partial charge in [0.05, 0.1) is 6.42 Å². The summed E-state index contributed by atoms with van der Waals surface area (Å²) in [6.07, 6.45) is 2.23. The number of fused-ring (bicyclic) bond motifs is 1. The summed E-state index contributed by atoms with van der Waals surface area (Å²) in [5, 5.41) is 13.3. The standard InChI is InChI=1S/C10H13N5OS/c16-9(14-3-1-11-2-4-14)7-8-12-13-10-15(8)5-6-17-10/h5-6,11H,1-4,7H2. The van der Waals surface area contributed by atoms with Gasteiger partial charge in [0.15, 0.2) is 0 Å². The smallest absolute Gasteiger partial charge is 0.230 e. The van der Waals surface area contributed by atoms with Crippen molar-refractivity contribution in [2.45, 2.75) is 6.42 Å². The average molecular weight is 251 g/mol. The van der Waals surface area contributed by atoms with E-state index < -0.39 is 0 Å². The minimum Gasteiger partial charge on any atom is -0.340 e. The summed E-state index contributed by atoms with van der Waals surface area (Å²) in [6, 6.07) is 0. The van der Waals surface area contributed by atoms with E-state index in [-0.39, 0.29) is 5.91 Å². The molecular formula is C10H13N5OS. The van der Waals surface area contributed by atoms with Crippen LogP contribution in [0.3, 0.4) is 0 Å². The third kappa shape index (κ3) is 2.03. The molecule has 1 aliphatic heterocycles. The third-order valence-electron chi connectivity index (χ3n) is 2.90. The number of piperazine rings is 1. The largest absolute Gasteiger partial charge is 0.340 e. The first-order chi connectivity index (χ1) is 8.34. The zero-order valence-corrected chi connectivity index (χ0v) is 10.1. The van der Waals surface area contributed by atoms with Crippen molar-refractivity contribution in [2.75, 3.05) is 26.2 Å². The maximum Gasteiger partial charge on any atom is 0.230 e. The van der Waals surface area contributed by atoms with Crippen LogP contribution in [0.5, 0.6) is 0 Å². The summed E-state index contributed by atoms with van der Waals surface area (Å²) in [7, 11) is 0. The van der Waals surface area contributed by atoms with E-state index in [0.717, 1.165) is 37.0 Å². The van der Waals surface area contributed by atoms with E-state index in [9.17, 15) is 4.79 Å². The first kappa shape index (κ1) is 10.7. The topological polar surface area (TPSA) is 62.5 Å². The van der Waals surface area contributed by atoms with E-state index in [2.05, 4.69) is 15.5 Å². The number of aromatic nitrogens is 3. The van der Waals surface area contributed by atoms with Gasteiger partial charge in [0, 0.05) is 37.8 Å². The number of hydrogen-bond donors (Lipinski definition) is 1. The van der Waals surface area contributed by atoms with Gasteiger partial charge in [-0.3, -0.25) is 9.20 Å². The molecule has 7 heteroatoms. The summed E-state index contributed by atoms with van der Waals surface area (Å²) in [5.74, 6) is 0.858. The van der Waals surface area contributed by atoms with Crippen LogP contribution in [0.2, 0.25) is 0 Å². The number of rotatable bonds is 2. The molecule has 0 spiro atoms. The molecule has 0 aromatic carbocycles. The predicted octanol–water partition coefficient (Wildman–Crippen LogP) is -0.235. The van der Waals surface area contributed by atoms with Gasteiger partial charge in [-0.25, -0.2) is 0 Å². The molecule has 1 amide bonds. The monoisotopic (exact) mass is 251 g/mol. The Bertz CT molecular complexity index is 528. The number of nitrogens with one attached hydrogen (secondary N) is 1. The van der Waals surface area contributed by atoms with Crippen LogP contribution in [-0.4, -0.2) is 51.6 Å². The quantitative estimate of drug-likeness (QED) is 0.800. The van der Waals surface area contributed by atoms with Crippen molar-refractivity contribution in [2.24, 2.45) is 0 Å². The van der Waals surface area contributed by atoms with Crippen LogP contribution in [0.1, 0.15) is 5.82 Å². The van der Waals surface area contributed by atoms with Crippen LogP contribution < -0.4 is 5.32 Å². The summed E-state index contributed by atoms with van der Waals surface area (Å²) in [4.78, 5) is 14.8. The maximum atomic E-state index is 12.1. The van der Waals surface area contributed by atoms with Crippen LogP contribution in [0.25, 0.3) is 4.96 Å². The molecule has 1 aliphatic rings. The van der Waals surface area contributed by atoms with Gasteiger partial charge < -0.3 is 10.2 Å². The Morgan fingerprint density at radius 1 is 1.41 bits per heavy atom. The van der Waals surface area contributed by atoms with Gasteiger partial charge in [0.2, 0.25) is 10.9 Å². The highest BCUT2D eigenvalue weighted by atomic mass is 32.1. The molecule has 0 unspecified atom stereocenters. The van der Waals surface area contributed by atoms with Gasteiger partial charge in [-0.1, -0.05) is 0 Å². The molecule has 0 bridgehead atoms. The van der Waals surface area contributed by atoms with Crippen molar-refractivity contribution < 1.29 is 4.79 Å². The zero-order chi connectivity index (χ0) is 11.7. The predicted molar refractivity (Wildman–Crippen MR) is 64.0 cm³/mol. The molecule has 90 valence electrons. The lowest BCUT2D eigenvalue weighted by Crippen LogP contribution is -2.47. The fourth-order valence-corrected chi connectivity index (χ4v) is 2.64. The lowest BCUT2D eigenvalue weighted by atomic mass is 10.3. The van der Waals surface area contributed by atoms with Gasteiger partial charge in [-0.15, -0.1) is 21.5 Å². The Labute approximate surface area is 102 Å². The fourth-order valence-electron chi connectivity index (χ4n) is 1.97. The molecule has 2 aromatic rings. The molecule has 3 rings (SSSR count). The summed E-state index contributed by atoms with van der Waals surface area (Å²) in [6.45, 7) is 3.31. The lowest BCUT2D eigenvalue weighted by molar-refractivity contribution is -0.131. The van der Waals surface area contributed by atoms with E-state index in [4.69, 9.17) is 0 Å². The van der Waals surface area contributed by atoms with E-state index >= 15 is 0 Å².